The number of rotatable bonds is 8. The summed E-state index contributed by atoms with van der Waals surface area (Å²) in [7, 11) is 2.04. The fourth-order valence-corrected chi connectivity index (χ4v) is 2.75. The van der Waals surface area contributed by atoms with Gasteiger partial charge in [-0.1, -0.05) is 26.2 Å². The van der Waals surface area contributed by atoms with E-state index in [1.807, 2.05) is 7.05 Å². The molecule has 0 radical (unpaired) electrons. The number of carboxylic acids is 1. The molecule has 0 saturated heterocycles. The number of nitrogens with zero attached hydrogens (tertiary/aromatic N) is 1. The Labute approximate surface area is 111 Å². The van der Waals surface area contributed by atoms with E-state index in [0.29, 0.717) is 6.54 Å². The van der Waals surface area contributed by atoms with E-state index in [0.717, 1.165) is 25.4 Å². The number of hydrogen-bond acceptors (Lipinski definition) is 3. The molecule has 0 bridgehead atoms. The fraction of sp³-hybridized carbons (Fsp3) is 0.929. The van der Waals surface area contributed by atoms with E-state index in [-0.39, 0.29) is 0 Å². The molecule has 1 rings (SSSR count). The Morgan fingerprint density at radius 3 is 2.61 bits per heavy atom. The fourth-order valence-electron chi connectivity index (χ4n) is 2.75. The molecule has 0 aromatic carbocycles. The zero-order valence-corrected chi connectivity index (χ0v) is 11.8. The Kier molecular flexibility index (Phi) is 7.28. The van der Waals surface area contributed by atoms with Gasteiger partial charge < -0.3 is 15.3 Å². The molecular formula is C14H28N2O2. The topological polar surface area (TPSA) is 52.6 Å². The van der Waals surface area contributed by atoms with Crippen LogP contribution in [0.5, 0.6) is 0 Å². The maximum atomic E-state index is 11.1. The van der Waals surface area contributed by atoms with Crippen LogP contribution in [0.4, 0.5) is 0 Å². The highest BCUT2D eigenvalue weighted by molar-refractivity contribution is 5.73. The predicted molar refractivity (Wildman–Crippen MR) is 73.8 cm³/mol. The number of aliphatic carboxylic acids is 1. The van der Waals surface area contributed by atoms with Gasteiger partial charge in [-0.05, 0) is 38.8 Å². The Morgan fingerprint density at radius 2 is 2.06 bits per heavy atom. The molecule has 0 amide bonds. The van der Waals surface area contributed by atoms with E-state index < -0.39 is 12.0 Å². The minimum atomic E-state index is -0.737. The second-order valence-corrected chi connectivity index (χ2v) is 5.57. The summed E-state index contributed by atoms with van der Waals surface area (Å²) in [4.78, 5) is 13.3. The first-order valence-corrected chi connectivity index (χ1v) is 7.28. The molecule has 1 saturated carbocycles. The summed E-state index contributed by atoms with van der Waals surface area (Å²) in [6, 6.07) is -0.432. The molecule has 0 aromatic rings. The molecule has 0 spiro atoms. The second-order valence-electron chi connectivity index (χ2n) is 5.57. The summed E-state index contributed by atoms with van der Waals surface area (Å²) < 4.78 is 0. The molecule has 1 atom stereocenters. The Balaban J connectivity index is 2.30. The van der Waals surface area contributed by atoms with Crippen molar-refractivity contribution < 1.29 is 9.90 Å². The highest BCUT2D eigenvalue weighted by Crippen LogP contribution is 2.24. The van der Waals surface area contributed by atoms with E-state index in [1.165, 1.54) is 32.1 Å². The van der Waals surface area contributed by atoms with Crippen molar-refractivity contribution in [2.45, 2.75) is 51.5 Å². The van der Waals surface area contributed by atoms with Crippen LogP contribution in [-0.2, 0) is 4.79 Å². The molecule has 0 aliphatic heterocycles. The summed E-state index contributed by atoms with van der Waals surface area (Å²) in [5.41, 5.74) is 0. The van der Waals surface area contributed by atoms with Crippen molar-refractivity contribution in [1.29, 1.82) is 0 Å². The summed E-state index contributed by atoms with van der Waals surface area (Å²) in [5.74, 6) is 0.0308. The van der Waals surface area contributed by atoms with Crippen LogP contribution < -0.4 is 5.32 Å². The third kappa shape index (κ3) is 5.83. The van der Waals surface area contributed by atoms with Crippen LogP contribution in [-0.4, -0.2) is 48.7 Å². The van der Waals surface area contributed by atoms with Gasteiger partial charge in [-0.25, -0.2) is 0 Å². The molecule has 4 heteroatoms. The summed E-state index contributed by atoms with van der Waals surface area (Å²) in [6.07, 6.45) is 7.64. The smallest absolute Gasteiger partial charge is 0.322 e. The lowest BCUT2D eigenvalue weighted by Gasteiger charge is -2.28. The lowest BCUT2D eigenvalue weighted by molar-refractivity contribution is -0.140. The van der Waals surface area contributed by atoms with Gasteiger partial charge in [0, 0.05) is 13.1 Å². The lowest BCUT2D eigenvalue weighted by atomic mass is 9.89. The molecule has 1 fully saturated rings. The van der Waals surface area contributed by atoms with Gasteiger partial charge in [-0.2, -0.15) is 0 Å². The molecule has 1 aliphatic rings. The molecule has 106 valence electrons. The van der Waals surface area contributed by atoms with E-state index in [4.69, 9.17) is 5.11 Å². The monoisotopic (exact) mass is 256 g/mol. The number of nitrogens with one attached hydrogen (secondary N) is 1. The quantitative estimate of drug-likeness (QED) is 0.697. The molecule has 2 N–H and O–H groups in total. The average Bonchev–Trinajstić information content (AvgIpc) is 2.35. The number of likely N-dealkylation sites (N-methyl/N-ethyl adjacent to an activating group) is 1. The Hall–Kier alpha value is -0.610. The molecule has 0 aromatic heterocycles. The Bertz CT molecular complexity index is 240. The van der Waals surface area contributed by atoms with Gasteiger partial charge >= 0.3 is 5.97 Å². The first-order chi connectivity index (χ1) is 8.63. The molecule has 4 nitrogen and oxygen atoms in total. The molecule has 18 heavy (non-hydrogen) atoms. The van der Waals surface area contributed by atoms with Crippen LogP contribution in [0.3, 0.4) is 0 Å². The van der Waals surface area contributed by atoms with Crippen molar-refractivity contribution in [1.82, 2.24) is 10.2 Å². The van der Waals surface area contributed by atoms with E-state index >= 15 is 0 Å². The SMILES string of the molecule is CCCNC(CN(C)CC1CCCCC1)C(=O)O. The zero-order chi connectivity index (χ0) is 13.4. The standard InChI is InChI=1S/C14H28N2O2/c1-3-9-15-13(14(17)18)11-16(2)10-12-7-5-4-6-8-12/h12-13,15H,3-11H2,1-2H3,(H,17,18). The molecule has 1 unspecified atom stereocenters. The van der Waals surface area contributed by atoms with Crippen LogP contribution in [0.25, 0.3) is 0 Å². The minimum absolute atomic E-state index is 0.432. The largest absolute Gasteiger partial charge is 0.480 e. The maximum Gasteiger partial charge on any atom is 0.322 e. The van der Waals surface area contributed by atoms with Gasteiger partial charge in [0.1, 0.15) is 6.04 Å². The van der Waals surface area contributed by atoms with Gasteiger partial charge in [0.25, 0.3) is 0 Å². The van der Waals surface area contributed by atoms with Crippen molar-refractivity contribution >= 4 is 5.97 Å². The third-order valence-corrected chi connectivity index (χ3v) is 3.73. The van der Waals surface area contributed by atoms with Gasteiger partial charge in [0.05, 0.1) is 0 Å². The van der Waals surface area contributed by atoms with Crippen molar-refractivity contribution in [3.05, 3.63) is 0 Å². The average molecular weight is 256 g/mol. The highest BCUT2D eigenvalue weighted by Gasteiger charge is 2.21. The second kappa shape index (κ2) is 8.48. The molecule has 0 heterocycles. The predicted octanol–water partition coefficient (Wildman–Crippen LogP) is 1.95. The van der Waals surface area contributed by atoms with Crippen LogP contribution in [0.1, 0.15) is 45.4 Å². The van der Waals surface area contributed by atoms with Gasteiger partial charge in [0.15, 0.2) is 0 Å². The maximum absolute atomic E-state index is 11.1. The van der Waals surface area contributed by atoms with Gasteiger partial charge in [-0.3, -0.25) is 4.79 Å². The van der Waals surface area contributed by atoms with Gasteiger partial charge in [-0.15, -0.1) is 0 Å². The van der Waals surface area contributed by atoms with Gasteiger partial charge in [0.2, 0.25) is 0 Å². The number of carboxylic acid groups (broad SMARTS) is 1. The number of hydrogen-bond donors (Lipinski definition) is 2. The van der Waals surface area contributed by atoms with Crippen molar-refractivity contribution in [3.63, 3.8) is 0 Å². The first-order valence-electron chi connectivity index (χ1n) is 7.28. The summed E-state index contributed by atoms with van der Waals surface area (Å²) >= 11 is 0. The molecular weight excluding hydrogens is 228 g/mol. The number of carbonyl (C=O) groups is 1. The third-order valence-electron chi connectivity index (χ3n) is 3.73. The van der Waals surface area contributed by atoms with Crippen molar-refractivity contribution in [3.8, 4) is 0 Å². The van der Waals surface area contributed by atoms with E-state index in [9.17, 15) is 4.79 Å². The Morgan fingerprint density at radius 1 is 1.39 bits per heavy atom. The van der Waals surface area contributed by atoms with Crippen LogP contribution in [0.15, 0.2) is 0 Å². The van der Waals surface area contributed by atoms with Crippen molar-refractivity contribution in [2.24, 2.45) is 5.92 Å². The minimum Gasteiger partial charge on any atom is -0.480 e. The van der Waals surface area contributed by atoms with E-state index in [1.54, 1.807) is 0 Å². The first kappa shape index (κ1) is 15.4. The summed E-state index contributed by atoms with van der Waals surface area (Å²) in [6.45, 7) is 4.47. The zero-order valence-electron chi connectivity index (χ0n) is 11.8. The van der Waals surface area contributed by atoms with Crippen LogP contribution >= 0.6 is 0 Å². The highest BCUT2D eigenvalue weighted by atomic mass is 16.4. The van der Waals surface area contributed by atoms with Crippen LogP contribution in [0, 0.1) is 5.92 Å². The van der Waals surface area contributed by atoms with E-state index in [2.05, 4.69) is 17.1 Å². The normalized spacial score (nSPS) is 19.1. The van der Waals surface area contributed by atoms with Crippen molar-refractivity contribution in [2.75, 3.05) is 26.7 Å². The lowest BCUT2D eigenvalue weighted by Crippen LogP contribution is -2.46. The summed E-state index contributed by atoms with van der Waals surface area (Å²) in [5, 5.41) is 12.3. The van der Waals surface area contributed by atoms with Crippen LogP contribution in [0.2, 0.25) is 0 Å². The molecule has 1 aliphatic carbocycles.